The molecule has 2 atom stereocenters. The predicted octanol–water partition coefficient (Wildman–Crippen LogP) is 4.01. The summed E-state index contributed by atoms with van der Waals surface area (Å²) < 4.78 is 57.5. The molecule has 0 spiro atoms. The van der Waals surface area contributed by atoms with E-state index in [1.54, 1.807) is 17.8 Å². The molecule has 9 nitrogen and oxygen atoms in total. The van der Waals surface area contributed by atoms with Crippen LogP contribution in [0, 0.1) is 6.57 Å². The highest BCUT2D eigenvalue weighted by atomic mass is 32.2. The van der Waals surface area contributed by atoms with Gasteiger partial charge in [0.2, 0.25) is 10.0 Å². The van der Waals surface area contributed by atoms with E-state index in [9.17, 15) is 17.2 Å². The van der Waals surface area contributed by atoms with Crippen LogP contribution >= 0.6 is 11.3 Å². The first-order valence-electron chi connectivity index (χ1n) is 11.7. The number of benzene rings is 1. The molecule has 2 bridgehead atoms. The molecule has 2 unspecified atom stereocenters. The van der Waals surface area contributed by atoms with Gasteiger partial charge in [0.05, 0.1) is 23.3 Å². The van der Waals surface area contributed by atoms with Gasteiger partial charge >= 0.3 is 0 Å². The maximum absolute atomic E-state index is 13.4. The Balaban J connectivity index is 1.56. The third kappa shape index (κ3) is 4.02. The van der Waals surface area contributed by atoms with Crippen LogP contribution < -0.4 is 10.0 Å². The van der Waals surface area contributed by atoms with Gasteiger partial charge in [0.25, 0.3) is 12.1 Å². The van der Waals surface area contributed by atoms with Crippen LogP contribution in [0.1, 0.15) is 55.5 Å². The van der Waals surface area contributed by atoms with Gasteiger partial charge in [-0.1, -0.05) is 23.8 Å². The fourth-order valence-electron chi connectivity index (χ4n) is 5.15. The zero-order valence-electron chi connectivity index (χ0n) is 19.3. The number of rotatable bonds is 6. The maximum atomic E-state index is 13.4. The van der Waals surface area contributed by atoms with Gasteiger partial charge in [0.1, 0.15) is 5.69 Å². The molecule has 1 saturated carbocycles. The fourth-order valence-corrected chi connectivity index (χ4v) is 7.27. The first-order valence-corrected chi connectivity index (χ1v) is 14.0. The minimum atomic E-state index is -4.03. The van der Waals surface area contributed by atoms with Gasteiger partial charge in [-0.05, 0) is 37.0 Å². The highest BCUT2D eigenvalue weighted by Crippen LogP contribution is 2.42. The van der Waals surface area contributed by atoms with E-state index in [4.69, 9.17) is 6.57 Å². The van der Waals surface area contributed by atoms with Crippen molar-refractivity contribution in [2.75, 3.05) is 0 Å². The van der Waals surface area contributed by atoms with Crippen molar-refractivity contribution in [1.82, 2.24) is 30.0 Å². The number of halogens is 2. The van der Waals surface area contributed by atoms with Gasteiger partial charge in [0, 0.05) is 30.1 Å². The van der Waals surface area contributed by atoms with Crippen molar-refractivity contribution in [3.63, 3.8) is 0 Å². The molecule has 2 fully saturated rings. The summed E-state index contributed by atoms with van der Waals surface area (Å²) in [5.74, 6) is 0. The van der Waals surface area contributed by atoms with Gasteiger partial charge < -0.3 is 5.32 Å². The summed E-state index contributed by atoms with van der Waals surface area (Å²) in [7, 11) is -2.29. The van der Waals surface area contributed by atoms with Crippen LogP contribution in [-0.2, 0) is 17.1 Å². The van der Waals surface area contributed by atoms with E-state index in [0.29, 0.717) is 35.5 Å². The smallest absolute Gasteiger partial charge is 0.299 e. The second kappa shape index (κ2) is 8.37. The number of piperidine rings is 1. The summed E-state index contributed by atoms with van der Waals surface area (Å²) in [4.78, 5) is 3.49. The van der Waals surface area contributed by atoms with Crippen LogP contribution in [0.4, 0.5) is 8.78 Å². The number of hydrogen-bond acceptors (Lipinski definition) is 7. The molecule has 3 aromatic rings. The van der Waals surface area contributed by atoms with Crippen molar-refractivity contribution in [3.8, 4) is 10.7 Å². The van der Waals surface area contributed by atoms with E-state index in [2.05, 4.69) is 36.3 Å². The zero-order valence-corrected chi connectivity index (χ0v) is 21.0. The lowest BCUT2D eigenvalue weighted by atomic mass is 9.84. The van der Waals surface area contributed by atoms with Gasteiger partial charge in [-0.2, -0.15) is 5.10 Å². The largest absolute Gasteiger partial charge is 0.307 e. The molecule has 1 saturated heterocycles. The number of nitrogens with zero attached hydrogens (tertiary/aromatic N) is 5. The molecule has 36 heavy (non-hydrogen) atoms. The van der Waals surface area contributed by atoms with Crippen LogP contribution in [0.5, 0.6) is 0 Å². The Morgan fingerprint density at radius 2 is 2.11 bits per heavy atom. The van der Waals surface area contributed by atoms with E-state index in [1.807, 2.05) is 0 Å². The molecule has 2 N–H and O–H groups in total. The van der Waals surface area contributed by atoms with Crippen LogP contribution in [0.2, 0.25) is 0 Å². The molecule has 4 heterocycles. The summed E-state index contributed by atoms with van der Waals surface area (Å²) in [6, 6.07) is 3.66. The third-order valence-electron chi connectivity index (χ3n) is 7.05. The van der Waals surface area contributed by atoms with Crippen molar-refractivity contribution in [3.05, 3.63) is 40.2 Å². The molecule has 6 rings (SSSR count). The Kier molecular flexibility index (Phi) is 5.49. The highest BCUT2D eigenvalue weighted by Gasteiger charge is 2.54. The molecular weight excluding hydrogens is 508 g/mol. The first-order chi connectivity index (χ1) is 17.2. The van der Waals surface area contributed by atoms with E-state index < -0.39 is 27.1 Å². The predicted molar refractivity (Wildman–Crippen MR) is 131 cm³/mol. The van der Waals surface area contributed by atoms with E-state index in [0.717, 1.165) is 48.2 Å². The summed E-state index contributed by atoms with van der Waals surface area (Å²) in [5.41, 5.74) is 1.67. The molecular formula is C23H23F2N7O2S2. The average molecular weight is 532 g/mol. The summed E-state index contributed by atoms with van der Waals surface area (Å²) in [6.45, 7) is 7.40. The number of aryl methyl sites for hydroxylation is 1. The number of fused-ring (bicyclic) bond motifs is 3. The Hall–Kier alpha value is -2.79. The van der Waals surface area contributed by atoms with Crippen molar-refractivity contribution in [1.29, 1.82) is 0 Å². The molecule has 2 aliphatic heterocycles. The monoisotopic (exact) mass is 531 g/mol. The lowest BCUT2D eigenvalue weighted by Gasteiger charge is -2.35. The van der Waals surface area contributed by atoms with Crippen molar-refractivity contribution in [2.45, 2.75) is 67.6 Å². The molecule has 3 aliphatic rings. The van der Waals surface area contributed by atoms with Crippen molar-refractivity contribution >= 4 is 37.8 Å². The number of alkyl halides is 2. The standard InChI is InChI=1S/C23H23F2N7O2S2/c1-26-23(6-7-23)31-36(33,34)15-10-16(12-8-13-4-3-5-14(9-12)27-13)19-17(11-15)18(30-32(19)2)21-28-29-22(35-21)20(24)25/h8,10-11,13-14,20,27,31H,3-7,9H2,2H3. The van der Waals surface area contributed by atoms with Crippen molar-refractivity contribution in [2.24, 2.45) is 7.05 Å². The van der Waals surface area contributed by atoms with Crippen molar-refractivity contribution < 1.29 is 17.2 Å². The number of sulfonamides is 1. The van der Waals surface area contributed by atoms with Gasteiger partial charge in [-0.3, -0.25) is 9.53 Å². The summed E-state index contributed by atoms with van der Waals surface area (Å²) >= 11 is 0.737. The highest BCUT2D eigenvalue weighted by molar-refractivity contribution is 7.89. The van der Waals surface area contributed by atoms with Crippen LogP contribution in [0.3, 0.4) is 0 Å². The lowest BCUT2D eigenvalue weighted by molar-refractivity contribution is 0.150. The molecule has 13 heteroatoms. The molecule has 0 radical (unpaired) electrons. The summed E-state index contributed by atoms with van der Waals surface area (Å²) in [5, 5.41) is 15.9. The topological polar surface area (TPSA) is 106 Å². The Bertz CT molecular complexity index is 1550. The van der Waals surface area contributed by atoms with Crippen LogP contribution in [-0.4, -0.2) is 46.1 Å². The van der Waals surface area contributed by atoms with Gasteiger partial charge in [-0.15, -0.1) is 14.9 Å². The second-order valence-electron chi connectivity index (χ2n) is 9.63. The fraction of sp³-hybridized carbons (Fsp3) is 0.478. The number of hydrogen-bond donors (Lipinski definition) is 2. The second-order valence-corrected chi connectivity index (χ2v) is 12.3. The number of nitrogens with one attached hydrogen (secondary N) is 2. The Morgan fingerprint density at radius 3 is 2.78 bits per heavy atom. The van der Waals surface area contributed by atoms with E-state index >= 15 is 0 Å². The number of aromatic nitrogens is 4. The van der Waals surface area contributed by atoms with Crippen LogP contribution in [0.15, 0.2) is 23.1 Å². The SMILES string of the molecule is [C-]#[N+]C1(NS(=O)(=O)c2cc(C3=CC4CCCC(C3)N4)c3c(c2)c(-c2nnc(C(F)F)s2)nn3C)CC1. The van der Waals surface area contributed by atoms with E-state index in [-0.39, 0.29) is 15.9 Å². The van der Waals surface area contributed by atoms with Gasteiger partial charge in [-0.25, -0.2) is 23.8 Å². The normalized spacial score (nSPS) is 23.0. The minimum absolute atomic E-state index is 0.0114. The quantitative estimate of drug-likeness (QED) is 0.466. The Labute approximate surface area is 210 Å². The van der Waals surface area contributed by atoms with Gasteiger partial charge in [0.15, 0.2) is 10.0 Å². The Morgan fingerprint density at radius 1 is 1.31 bits per heavy atom. The average Bonchev–Trinajstić information content (AvgIpc) is 3.27. The molecule has 1 aliphatic carbocycles. The third-order valence-corrected chi connectivity index (χ3v) is 9.49. The summed E-state index contributed by atoms with van der Waals surface area (Å²) in [6.07, 6.45) is 4.25. The minimum Gasteiger partial charge on any atom is -0.307 e. The first kappa shape index (κ1) is 23.6. The van der Waals surface area contributed by atoms with Crippen LogP contribution in [0.25, 0.3) is 32.0 Å². The lowest BCUT2D eigenvalue weighted by Crippen LogP contribution is -2.44. The van der Waals surface area contributed by atoms with E-state index in [1.165, 1.54) is 6.07 Å². The molecule has 0 amide bonds. The maximum Gasteiger partial charge on any atom is 0.299 e. The zero-order chi connectivity index (χ0) is 25.2. The molecule has 1 aromatic carbocycles. The molecule has 188 valence electrons. The molecule has 2 aromatic heterocycles.